The standard InChI is InChI=1S/C20H31N5O2/c1-15-22-17(16-5-7-21-8-6-16)14-19(23-15)24-9-3-10-25(12-11-24)20(26)18-4-2-13-27-18/h14,16,18,21H,2-13H2,1H3. The Kier molecular flexibility index (Phi) is 5.88. The largest absolute Gasteiger partial charge is 0.368 e. The summed E-state index contributed by atoms with van der Waals surface area (Å²) < 4.78 is 5.59. The Balaban J connectivity index is 1.44. The molecular formula is C20H31N5O2. The minimum Gasteiger partial charge on any atom is -0.368 e. The number of amides is 1. The van der Waals surface area contributed by atoms with Crippen LogP contribution in [0.3, 0.4) is 0 Å². The number of carbonyl (C=O) groups excluding carboxylic acids is 1. The fourth-order valence-corrected chi connectivity index (χ4v) is 4.41. The fourth-order valence-electron chi connectivity index (χ4n) is 4.41. The number of piperidine rings is 1. The number of nitrogens with one attached hydrogen (secondary N) is 1. The van der Waals surface area contributed by atoms with Crippen molar-refractivity contribution < 1.29 is 9.53 Å². The lowest BCUT2D eigenvalue weighted by atomic mass is 9.94. The van der Waals surface area contributed by atoms with E-state index in [0.29, 0.717) is 5.92 Å². The Hall–Kier alpha value is -1.73. The zero-order valence-corrected chi connectivity index (χ0v) is 16.3. The number of ether oxygens (including phenoxy) is 1. The normalized spacial score (nSPS) is 24.9. The van der Waals surface area contributed by atoms with Crippen LogP contribution in [-0.4, -0.2) is 72.8 Å². The van der Waals surface area contributed by atoms with Crippen LogP contribution in [0.4, 0.5) is 5.82 Å². The minimum absolute atomic E-state index is 0.170. The van der Waals surface area contributed by atoms with Gasteiger partial charge in [-0.1, -0.05) is 0 Å². The van der Waals surface area contributed by atoms with E-state index in [1.165, 1.54) is 5.69 Å². The molecule has 1 unspecified atom stereocenters. The van der Waals surface area contributed by atoms with Gasteiger partial charge in [0, 0.05) is 50.5 Å². The lowest BCUT2D eigenvalue weighted by Gasteiger charge is -2.26. The van der Waals surface area contributed by atoms with Gasteiger partial charge in [0.2, 0.25) is 0 Å². The Labute approximate surface area is 161 Å². The van der Waals surface area contributed by atoms with Crippen LogP contribution < -0.4 is 10.2 Å². The molecule has 3 fully saturated rings. The Bertz CT molecular complexity index is 656. The lowest BCUT2D eigenvalue weighted by Crippen LogP contribution is -2.41. The monoisotopic (exact) mass is 373 g/mol. The third kappa shape index (κ3) is 4.41. The van der Waals surface area contributed by atoms with Gasteiger partial charge in [-0.2, -0.15) is 0 Å². The van der Waals surface area contributed by atoms with Gasteiger partial charge in [0.15, 0.2) is 0 Å². The minimum atomic E-state index is -0.218. The highest BCUT2D eigenvalue weighted by Crippen LogP contribution is 2.27. The Morgan fingerprint density at radius 3 is 2.74 bits per heavy atom. The first-order valence-electron chi connectivity index (χ1n) is 10.4. The molecule has 0 spiro atoms. The van der Waals surface area contributed by atoms with Crippen LogP contribution in [-0.2, 0) is 9.53 Å². The van der Waals surface area contributed by atoms with Crippen molar-refractivity contribution in [2.75, 3.05) is 50.8 Å². The third-order valence-corrected chi connectivity index (χ3v) is 5.94. The van der Waals surface area contributed by atoms with E-state index in [1.807, 2.05) is 11.8 Å². The quantitative estimate of drug-likeness (QED) is 0.865. The number of carbonyl (C=O) groups is 1. The van der Waals surface area contributed by atoms with Crippen LogP contribution in [0.5, 0.6) is 0 Å². The number of aromatic nitrogens is 2. The zero-order chi connectivity index (χ0) is 18.6. The molecule has 7 heteroatoms. The van der Waals surface area contributed by atoms with E-state index in [0.717, 1.165) is 89.6 Å². The van der Waals surface area contributed by atoms with Crippen LogP contribution in [0.25, 0.3) is 0 Å². The molecule has 1 aromatic rings. The van der Waals surface area contributed by atoms with Crippen LogP contribution in [0.1, 0.15) is 49.5 Å². The SMILES string of the molecule is Cc1nc(C2CCNCC2)cc(N2CCCN(C(=O)C3CCCO3)CC2)n1. The van der Waals surface area contributed by atoms with Gasteiger partial charge in [0.05, 0.1) is 0 Å². The predicted molar refractivity (Wildman–Crippen MR) is 104 cm³/mol. The van der Waals surface area contributed by atoms with Gasteiger partial charge in [-0.25, -0.2) is 9.97 Å². The maximum Gasteiger partial charge on any atom is 0.251 e. The number of rotatable bonds is 3. The summed E-state index contributed by atoms with van der Waals surface area (Å²) in [4.78, 5) is 26.4. The summed E-state index contributed by atoms with van der Waals surface area (Å²) in [6, 6.07) is 2.18. The van der Waals surface area contributed by atoms with Crippen molar-refractivity contribution in [1.29, 1.82) is 0 Å². The van der Waals surface area contributed by atoms with E-state index in [9.17, 15) is 4.79 Å². The highest BCUT2D eigenvalue weighted by molar-refractivity contribution is 5.81. The van der Waals surface area contributed by atoms with Crippen LogP contribution in [0.15, 0.2) is 6.07 Å². The third-order valence-electron chi connectivity index (χ3n) is 5.94. The van der Waals surface area contributed by atoms with E-state index in [1.54, 1.807) is 0 Å². The number of anilines is 1. The topological polar surface area (TPSA) is 70.6 Å². The van der Waals surface area contributed by atoms with Crippen molar-refractivity contribution in [3.8, 4) is 0 Å². The maximum absolute atomic E-state index is 12.7. The van der Waals surface area contributed by atoms with Gasteiger partial charge < -0.3 is 19.9 Å². The molecule has 4 heterocycles. The first kappa shape index (κ1) is 18.6. The van der Waals surface area contributed by atoms with Gasteiger partial charge in [0.1, 0.15) is 17.7 Å². The molecule has 1 atom stereocenters. The highest BCUT2D eigenvalue weighted by Gasteiger charge is 2.29. The zero-order valence-electron chi connectivity index (χ0n) is 16.3. The molecule has 4 rings (SSSR count). The summed E-state index contributed by atoms with van der Waals surface area (Å²) in [5.74, 6) is 2.56. The van der Waals surface area contributed by atoms with Crippen LogP contribution in [0, 0.1) is 6.92 Å². The first-order valence-corrected chi connectivity index (χ1v) is 10.4. The molecule has 148 valence electrons. The van der Waals surface area contributed by atoms with Crippen molar-refractivity contribution in [2.24, 2.45) is 0 Å². The summed E-state index contributed by atoms with van der Waals surface area (Å²) in [5, 5.41) is 3.42. The molecular weight excluding hydrogens is 342 g/mol. The summed E-state index contributed by atoms with van der Waals surface area (Å²) in [7, 11) is 0. The smallest absolute Gasteiger partial charge is 0.251 e. The second kappa shape index (κ2) is 8.52. The van der Waals surface area contributed by atoms with E-state index >= 15 is 0 Å². The summed E-state index contributed by atoms with van der Waals surface area (Å²) in [6.07, 6.45) is 4.88. The van der Waals surface area contributed by atoms with Gasteiger partial charge in [0.25, 0.3) is 5.91 Å². The molecule has 1 aromatic heterocycles. The molecule has 3 aliphatic heterocycles. The second-order valence-corrected chi connectivity index (χ2v) is 7.89. The Morgan fingerprint density at radius 2 is 1.96 bits per heavy atom. The van der Waals surface area contributed by atoms with E-state index in [-0.39, 0.29) is 12.0 Å². The first-order chi connectivity index (χ1) is 13.2. The van der Waals surface area contributed by atoms with Gasteiger partial charge in [-0.05, 0) is 52.1 Å². The molecule has 3 aliphatic rings. The molecule has 27 heavy (non-hydrogen) atoms. The average molecular weight is 374 g/mol. The van der Waals surface area contributed by atoms with E-state index in [2.05, 4.69) is 16.3 Å². The molecule has 3 saturated heterocycles. The molecule has 7 nitrogen and oxygen atoms in total. The van der Waals surface area contributed by atoms with Gasteiger partial charge >= 0.3 is 0 Å². The van der Waals surface area contributed by atoms with Gasteiger partial charge in [-0.3, -0.25) is 4.79 Å². The molecule has 0 aliphatic carbocycles. The van der Waals surface area contributed by atoms with Crippen molar-refractivity contribution in [1.82, 2.24) is 20.2 Å². The summed E-state index contributed by atoms with van der Waals surface area (Å²) >= 11 is 0. The lowest BCUT2D eigenvalue weighted by molar-refractivity contribution is -0.140. The van der Waals surface area contributed by atoms with Crippen molar-refractivity contribution in [3.05, 3.63) is 17.6 Å². The summed E-state index contributed by atoms with van der Waals surface area (Å²) in [5.41, 5.74) is 1.18. The molecule has 0 aromatic carbocycles. The predicted octanol–water partition coefficient (Wildman–Crippen LogP) is 1.47. The van der Waals surface area contributed by atoms with E-state index in [4.69, 9.17) is 14.7 Å². The molecule has 1 N–H and O–H groups in total. The molecule has 1 amide bonds. The van der Waals surface area contributed by atoms with Crippen LogP contribution >= 0.6 is 0 Å². The number of nitrogens with zero attached hydrogens (tertiary/aromatic N) is 4. The molecule has 0 radical (unpaired) electrons. The number of hydrogen-bond donors (Lipinski definition) is 1. The highest BCUT2D eigenvalue weighted by atomic mass is 16.5. The van der Waals surface area contributed by atoms with E-state index < -0.39 is 0 Å². The second-order valence-electron chi connectivity index (χ2n) is 7.89. The van der Waals surface area contributed by atoms with Crippen LogP contribution in [0.2, 0.25) is 0 Å². The number of hydrogen-bond acceptors (Lipinski definition) is 6. The fraction of sp³-hybridized carbons (Fsp3) is 0.750. The van der Waals surface area contributed by atoms with Crippen molar-refractivity contribution in [2.45, 2.75) is 51.0 Å². The average Bonchev–Trinajstić information content (AvgIpc) is 3.12. The van der Waals surface area contributed by atoms with Crippen molar-refractivity contribution in [3.63, 3.8) is 0 Å². The van der Waals surface area contributed by atoms with Crippen molar-refractivity contribution >= 4 is 11.7 Å². The number of aryl methyl sites for hydroxylation is 1. The van der Waals surface area contributed by atoms with Gasteiger partial charge in [-0.15, -0.1) is 0 Å². The maximum atomic E-state index is 12.7. The Morgan fingerprint density at radius 1 is 1.11 bits per heavy atom. The molecule has 0 saturated carbocycles. The summed E-state index contributed by atoms with van der Waals surface area (Å²) in [6.45, 7) is 8.12. The molecule has 0 bridgehead atoms.